The number of hydrogen-bond donors (Lipinski definition) is 1. The number of ether oxygens (including phenoxy) is 1. The summed E-state index contributed by atoms with van der Waals surface area (Å²) in [6, 6.07) is -2.03. The first-order chi connectivity index (χ1) is 10.1. The van der Waals surface area contributed by atoms with Gasteiger partial charge in [-0.1, -0.05) is 4.36 Å². The number of urea groups is 1. The Kier molecular flexibility index (Phi) is 5.56. The predicted molar refractivity (Wildman–Crippen MR) is 66.1 cm³/mol. The molecule has 1 rings (SSSR count). The van der Waals surface area contributed by atoms with E-state index in [4.69, 9.17) is 0 Å². The first kappa shape index (κ1) is 17.5. The van der Waals surface area contributed by atoms with Crippen LogP contribution in [0.3, 0.4) is 0 Å². The number of nitrogens with one attached hydrogen (secondary N) is 1. The smallest absolute Gasteiger partial charge is 0.422 e. The monoisotopic (exact) mass is 342 g/mol. The Morgan fingerprint density at radius 2 is 1.95 bits per heavy atom. The van der Waals surface area contributed by atoms with E-state index < -0.39 is 41.3 Å². The molecule has 0 atom stereocenters. The van der Waals surface area contributed by atoms with Gasteiger partial charge >= 0.3 is 28.7 Å². The van der Waals surface area contributed by atoms with E-state index in [-0.39, 0.29) is 5.95 Å². The molecular weight excluding hydrogens is 333 g/mol. The lowest BCUT2D eigenvalue weighted by Crippen LogP contribution is -2.22. The molecule has 1 heterocycles. The maximum Gasteiger partial charge on any atom is 0.422 e. The number of halogens is 3. The zero-order chi connectivity index (χ0) is 16.9. The normalized spacial score (nSPS) is 10.8. The molecule has 0 aliphatic carbocycles. The van der Waals surface area contributed by atoms with Crippen molar-refractivity contribution in [2.24, 2.45) is 4.36 Å². The lowest BCUT2D eigenvalue weighted by Gasteiger charge is -2.13. The fourth-order valence-electron chi connectivity index (χ4n) is 0.999. The zero-order valence-electron chi connectivity index (χ0n) is 11.1. The molecule has 2 amide bonds. The van der Waals surface area contributed by atoms with Crippen LogP contribution in [0.2, 0.25) is 0 Å². The van der Waals surface area contributed by atoms with Crippen molar-refractivity contribution in [3.63, 3.8) is 0 Å². The number of rotatable bonds is 4. The molecule has 0 aromatic carbocycles. The second-order valence-corrected chi connectivity index (χ2v) is 4.40. The van der Waals surface area contributed by atoms with Gasteiger partial charge in [0.05, 0.1) is 0 Å². The van der Waals surface area contributed by atoms with E-state index >= 15 is 0 Å². The molecule has 0 aliphatic rings. The van der Waals surface area contributed by atoms with Gasteiger partial charge in [-0.05, 0) is 0 Å². The molecule has 0 aliphatic heterocycles. The number of carbonyl (C=O) groups is 1. The average molecular weight is 342 g/mol. The van der Waals surface area contributed by atoms with Crippen LogP contribution in [0.15, 0.2) is 4.36 Å². The number of nitrogens with zero attached hydrogens (tertiary/aromatic N) is 5. The molecule has 14 heteroatoms. The molecule has 122 valence electrons. The van der Waals surface area contributed by atoms with Gasteiger partial charge in [-0.2, -0.15) is 36.5 Å². The minimum Gasteiger partial charge on any atom is -0.454 e. The number of anilines is 2. The molecule has 0 radical (unpaired) electrons. The first-order valence-electron chi connectivity index (χ1n) is 5.32. The van der Waals surface area contributed by atoms with Gasteiger partial charge in [0.2, 0.25) is 11.9 Å². The van der Waals surface area contributed by atoms with Gasteiger partial charge < -0.3 is 9.64 Å². The summed E-state index contributed by atoms with van der Waals surface area (Å²) < 4.78 is 63.7. The summed E-state index contributed by atoms with van der Waals surface area (Å²) in [5.41, 5.74) is 0. The first-order valence-corrected chi connectivity index (χ1v) is 6.35. The molecule has 1 N–H and O–H groups in total. The summed E-state index contributed by atoms with van der Waals surface area (Å²) in [4.78, 5) is 23.1. The largest absolute Gasteiger partial charge is 0.454 e. The van der Waals surface area contributed by atoms with E-state index in [9.17, 15) is 26.4 Å². The Morgan fingerprint density at radius 1 is 1.32 bits per heavy atom. The van der Waals surface area contributed by atoms with Crippen LogP contribution in [0.4, 0.5) is 29.9 Å². The minimum atomic E-state index is -4.61. The van der Waals surface area contributed by atoms with Crippen molar-refractivity contribution in [2.75, 3.05) is 30.9 Å². The van der Waals surface area contributed by atoms with Crippen LogP contribution < -0.4 is 15.0 Å². The van der Waals surface area contributed by atoms with Crippen molar-refractivity contribution in [2.45, 2.75) is 6.18 Å². The summed E-state index contributed by atoms with van der Waals surface area (Å²) in [5, 5.41) is 1.86. The molecule has 0 fully saturated rings. The Bertz CT molecular complexity index is 682. The van der Waals surface area contributed by atoms with Gasteiger partial charge in [0, 0.05) is 14.1 Å². The molecule has 0 saturated carbocycles. The van der Waals surface area contributed by atoms with Gasteiger partial charge in [-0.25, -0.2) is 4.79 Å². The van der Waals surface area contributed by atoms with E-state index in [2.05, 4.69) is 24.1 Å². The van der Waals surface area contributed by atoms with Crippen LogP contribution in [0.5, 0.6) is 6.01 Å². The topological polar surface area (TPSA) is 127 Å². The number of amides is 2. The third-order valence-corrected chi connectivity index (χ3v) is 2.06. The number of carbonyl (C=O) groups excluding carboxylic acids is 1. The maximum atomic E-state index is 12.1. The summed E-state index contributed by atoms with van der Waals surface area (Å²) in [7, 11) is -0.0472. The molecule has 0 unspecified atom stereocenters. The van der Waals surface area contributed by atoms with Crippen LogP contribution in [0, 0.1) is 0 Å². The van der Waals surface area contributed by atoms with E-state index in [0.717, 1.165) is 0 Å². The number of alkyl halides is 3. The highest BCUT2D eigenvalue weighted by Gasteiger charge is 2.29. The molecule has 0 saturated heterocycles. The third kappa shape index (κ3) is 6.29. The van der Waals surface area contributed by atoms with Crippen molar-refractivity contribution in [3.05, 3.63) is 0 Å². The van der Waals surface area contributed by atoms with Gasteiger partial charge in [-0.3, -0.25) is 5.32 Å². The van der Waals surface area contributed by atoms with Crippen molar-refractivity contribution >= 4 is 28.4 Å². The maximum absolute atomic E-state index is 12.1. The average Bonchev–Trinajstić information content (AvgIpc) is 2.34. The predicted octanol–water partition coefficient (Wildman–Crippen LogP) is 0.473. The molecule has 1 aromatic heterocycles. The van der Waals surface area contributed by atoms with E-state index in [0.29, 0.717) is 0 Å². The number of hydrogen-bond acceptors (Lipinski definition) is 8. The van der Waals surface area contributed by atoms with Crippen LogP contribution in [0.25, 0.3) is 0 Å². The summed E-state index contributed by atoms with van der Waals surface area (Å²) in [6.45, 7) is -1.65. The standard InChI is InChI=1S/C8H9F3N6O4S/c1-17(2)5-12-4(13-6(18)16-22(19)20)14-7(15-5)21-3-8(9,10)11/h3H2,1-2H3,(H,12,13,14,15,18). The molecule has 0 spiro atoms. The fourth-order valence-corrected chi connectivity index (χ4v) is 1.18. The lowest BCUT2D eigenvalue weighted by molar-refractivity contribution is -0.154. The Balaban J connectivity index is 3.04. The molecule has 1 aromatic rings. The molecule has 10 nitrogen and oxygen atoms in total. The van der Waals surface area contributed by atoms with E-state index in [1.807, 2.05) is 5.32 Å². The molecule has 0 bridgehead atoms. The van der Waals surface area contributed by atoms with Crippen LogP contribution in [-0.4, -0.2) is 56.3 Å². The highest BCUT2D eigenvalue weighted by molar-refractivity contribution is 7.62. The zero-order valence-corrected chi connectivity index (χ0v) is 11.9. The van der Waals surface area contributed by atoms with Gasteiger partial charge in [0.1, 0.15) is 0 Å². The highest BCUT2D eigenvalue weighted by Crippen LogP contribution is 2.18. The van der Waals surface area contributed by atoms with Crippen molar-refractivity contribution < 1.29 is 31.1 Å². The Labute approximate surface area is 123 Å². The lowest BCUT2D eigenvalue weighted by atomic mass is 10.7. The van der Waals surface area contributed by atoms with E-state index in [1.165, 1.54) is 19.0 Å². The summed E-state index contributed by atoms with van der Waals surface area (Å²) in [6.07, 6.45) is -4.61. The third-order valence-electron chi connectivity index (χ3n) is 1.74. The Hall–Kier alpha value is -2.51. The van der Waals surface area contributed by atoms with E-state index in [1.54, 1.807) is 0 Å². The van der Waals surface area contributed by atoms with Gasteiger partial charge in [-0.15, -0.1) is 0 Å². The second kappa shape index (κ2) is 6.97. The van der Waals surface area contributed by atoms with Crippen LogP contribution in [0.1, 0.15) is 0 Å². The minimum absolute atomic E-state index is 0.120. The SMILES string of the molecule is CN(C)c1nc(NC(=O)N=S(=O)=O)nc(OCC(F)(F)F)n1. The Morgan fingerprint density at radius 3 is 2.45 bits per heavy atom. The summed E-state index contributed by atoms with van der Waals surface area (Å²) in [5.74, 6) is -0.638. The molecule has 22 heavy (non-hydrogen) atoms. The van der Waals surface area contributed by atoms with Crippen molar-refractivity contribution in [1.82, 2.24) is 15.0 Å². The quantitative estimate of drug-likeness (QED) is 0.837. The van der Waals surface area contributed by atoms with Crippen molar-refractivity contribution in [1.29, 1.82) is 0 Å². The fraction of sp³-hybridized carbons (Fsp3) is 0.500. The molecular formula is C8H9F3N6O4S. The van der Waals surface area contributed by atoms with Crippen LogP contribution in [-0.2, 0) is 10.5 Å². The van der Waals surface area contributed by atoms with Gasteiger partial charge in [0.15, 0.2) is 6.61 Å². The van der Waals surface area contributed by atoms with Crippen molar-refractivity contribution in [3.8, 4) is 6.01 Å². The number of aromatic nitrogens is 3. The van der Waals surface area contributed by atoms with Crippen LogP contribution >= 0.6 is 0 Å². The highest BCUT2D eigenvalue weighted by atomic mass is 32.2. The van der Waals surface area contributed by atoms with Gasteiger partial charge in [0.25, 0.3) is 0 Å². The second-order valence-electron chi connectivity index (χ2n) is 3.78. The summed E-state index contributed by atoms with van der Waals surface area (Å²) >= 11 is 0.